The van der Waals surface area contributed by atoms with Crippen molar-refractivity contribution in [3.05, 3.63) is 70.3 Å². The molecule has 0 radical (unpaired) electrons. The normalized spacial score (nSPS) is 20.2. The maximum atomic E-state index is 14.8. The van der Waals surface area contributed by atoms with Gasteiger partial charge in [-0.25, -0.2) is 0 Å². The topological polar surface area (TPSA) is 95.6 Å². The average Bonchev–Trinajstić information content (AvgIpc) is 3.16. The molecule has 188 valence electrons. The maximum absolute atomic E-state index is 14.8. The zero-order chi connectivity index (χ0) is 26.5. The van der Waals surface area contributed by atoms with Crippen LogP contribution < -0.4 is 10.6 Å². The van der Waals surface area contributed by atoms with Gasteiger partial charge >= 0.3 is 5.92 Å². The van der Waals surface area contributed by atoms with E-state index in [1.165, 1.54) is 17.0 Å². The highest BCUT2D eigenvalue weighted by atomic mass is 19.3. The summed E-state index contributed by atoms with van der Waals surface area (Å²) in [5.74, 6) is -6.36. The van der Waals surface area contributed by atoms with Gasteiger partial charge in [-0.3, -0.25) is 24.5 Å². The SMILES string of the molecule is B[C@@]1(N2Cc3cc(CNC(=O)C(F)(F)c4ccc(C(C)(C)C)cc4)ccc3C2=O)CCC(=O)NC1=O. The molecule has 7 nitrogen and oxygen atoms in total. The fraction of sp³-hybridized carbons (Fsp3) is 0.385. The molecule has 4 rings (SSSR count). The van der Waals surface area contributed by atoms with Crippen molar-refractivity contribution in [3.8, 4) is 0 Å². The second-order valence-corrected chi connectivity index (χ2v) is 10.6. The van der Waals surface area contributed by atoms with Gasteiger partial charge in [-0.2, -0.15) is 8.78 Å². The molecule has 2 aromatic carbocycles. The number of rotatable bonds is 5. The zero-order valence-electron chi connectivity index (χ0n) is 20.7. The molecule has 36 heavy (non-hydrogen) atoms. The second-order valence-electron chi connectivity index (χ2n) is 10.6. The smallest absolute Gasteiger partial charge is 0.346 e. The summed E-state index contributed by atoms with van der Waals surface area (Å²) in [6.07, 6.45) is 0.346. The van der Waals surface area contributed by atoms with Gasteiger partial charge in [0.1, 0.15) is 7.85 Å². The first kappa shape index (κ1) is 25.5. The Morgan fingerprint density at radius 1 is 1.08 bits per heavy atom. The highest BCUT2D eigenvalue weighted by molar-refractivity contribution is 6.32. The van der Waals surface area contributed by atoms with Gasteiger partial charge in [0.25, 0.3) is 11.8 Å². The Morgan fingerprint density at radius 3 is 2.33 bits per heavy atom. The molecule has 2 heterocycles. The Labute approximate surface area is 209 Å². The first-order valence-electron chi connectivity index (χ1n) is 11.8. The quantitative estimate of drug-likeness (QED) is 0.491. The van der Waals surface area contributed by atoms with Crippen molar-refractivity contribution in [1.82, 2.24) is 15.5 Å². The summed E-state index contributed by atoms with van der Waals surface area (Å²) in [6.45, 7) is 5.91. The summed E-state index contributed by atoms with van der Waals surface area (Å²) >= 11 is 0. The van der Waals surface area contributed by atoms with Crippen molar-refractivity contribution in [2.75, 3.05) is 0 Å². The number of hydrogen-bond donors (Lipinski definition) is 2. The van der Waals surface area contributed by atoms with Crippen LogP contribution in [0.5, 0.6) is 0 Å². The van der Waals surface area contributed by atoms with Gasteiger partial charge in [0.05, 0.1) is 5.44 Å². The number of fused-ring (bicyclic) bond motifs is 1. The van der Waals surface area contributed by atoms with E-state index in [4.69, 9.17) is 0 Å². The van der Waals surface area contributed by atoms with Crippen LogP contribution in [0, 0.1) is 0 Å². The van der Waals surface area contributed by atoms with Gasteiger partial charge in [0.2, 0.25) is 11.8 Å². The third kappa shape index (κ3) is 4.52. The molecule has 2 aromatic rings. The molecular formula is C26H28BF2N3O4. The summed E-state index contributed by atoms with van der Waals surface area (Å²) in [7, 11) is 1.62. The van der Waals surface area contributed by atoms with E-state index < -0.39 is 23.2 Å². The molecule has 2 N–H and O–H groups in total. The van der Waals surface area contributed by atoms with Gasteiger partial charge in [-0.1, -0.05) is 57.2 Å². The Kier molecular flexibility index (Phi) is 6.26. The number of carbonyl (C=O) groups is 4. The van der Waals surface area contributed by atoms with Crippen molar-refractivity contribution in [1.29, 1.82) is 0 Å². The van der Waals surface area contributed by atoms with Gasteiger partial charge in [0, 0.05) is 30.6 Å². The average molecular weight is 495 g/mol. The van der Waals surface area contributed by atoms with E-state index in [-0.39, 0.29) is 48.7 Å². The van der Waals surface area contributed by atoms with E-state index in [0.29, 0.717) is 16.7 Å². The largest absolute Gasteiger partial charge is 0.349 e. The molecule has 1 fully saturated rings. The number of benzene rings is 2. The molecule has 0 bridgehead atoms. The van der Waals surface area contributed by atoms with Crippen LogP contribution >= 0.6 is 0 Å². The lowest BCUT2D eigenvalue weighted by atomic mass is 9.70. The van der Waals surface area contributed by atoms with E-state index in [9.17, 15) is 28.0 Å². The number of hydrogen-bond acceptors (Lipinski definition) is 4. The molecule has 2 aliphatic heterocycles. The van der Waals surface area contributed by atoms with E-state index >= 15 is 0 Å². The Morgan fingerprint density at radius 2 is 1.72 bits per heavy atom. The molecule has 0 unspecified atom stereocenters. The van der Waals surface area contributed by atoms with Crippen molar-refractivity contribution >= 4 is 31.5 Å². The molecule has 2 aliphatic rings. The van der Waals surface area contributed by atoms with Crippen molar-refractivity contribution < 1.29 is 28.0 Å². The van der Waals surface area contributed by atoms with Crippen LogP contribution in [0.2, 0.25) is 0 Å². The fourth-order valence-corrected chi connectivity index (χ4v) is 4.54. The molecule has 1 atom stereocenters. The minimum atomic E-state index is -3.71. The molecular weight excluding hydrogens is 467 g/mol. The number of nitrogens with zero attached hydrogens (tertiary/aromatic N) is 1. The fourth-order valence-electron chi connectivity index (χ4n) is 4.54. The Balaban J connectivity index is 1.44. The van der Waals surface area contributed by atoms with E-state index in [1.54, 1.807) is 38.2 Å². The lowest BCUT2D eigenvalue weighted by Gasteiger charge is -2.39. The number of alkyl halides is 2. The van der Waals surface area contributed by atoms with Gasteiger partial charge < -0.3 is 10.2 Å². The predicted molar refractivity (Wildman–Crippen MR) is 131 cm³/mol. The number of carbonyl (C=O) groups excluding carboxylic acids is 4. The molecule has 0 saturated carbocycles. The van der Waals surface area contributed by atoms with E-state index in [2.05, 4.69) is 10.6 Å². The van der Waals surface area contributed by atoms with Crippen LogP contribution in [-0.4, -0.2) is 41.8 Å². The molecule has 4 amide bonds. The van der Waals surface area contributed by atoms with Crippen LogP contribution in [0.4, 0.5) is 8.78 Å². The van der Waals surface area contributed by atoms with Crippen LogP contribution in [0.1, 0.15) is 66.2 Å². The summed E-state index contributed by atoms with van der Waals surface area (Å²) in [4.78, 5) is 50.8. The van der Waals surface area contributed by atoms with E-state index in [0.717, 1.165) is 5.56 Å². The molecule has 0 spiro atoms. The van der Waals surface area contributed by atoms with Crippen LogP contribution in [-0.2, 0) is 38.8 Å². The van der Waals surface area contributed by atoms with Crippen molar-refractivity contribution in [3.63, 3.8) is 0 Å². The first-order chi connectivity index (χ1) is 16.7. The number of halogens is 2. The maximum Gasteiger partial charge on any atom is 0.349 e. The van der Waals surface area contributed by atoms with Gasteiger partial charge in [-0.15, -0.1) is 0 Å². The summed E-state index contributed by atoms with van der Waals surface area (Å²) in [5.41, 5.74) is 0.710. The standard InChI is InChI=1S/C26H28BF2N3O4/c1-24(2,3)17-5-7-18(8-6-17)26(28,29)23(36)30-13-15-4-9-19-16(12-15)14-32(21(19)34)25(27)11-10-20(33)31-22(25)35/h4-9,12H,10-11,13-14,27H2,1-3H3,(H,30,36)(H,31,33,35)/t25-/m1/s1. The van der Waals surface area contributed by atoms with Crippen molar-refractivity contribution in [2.45, 2.75) is 63.5 Å². The lowest BCUT2D eigenvalue weighted by Crippen LogP contribution is -2.63. The second kappa shape index (κ2) is 8.83. The van der Waals surface area contributed by atoms with Gasteiger partial charge in [0.15, 0.2) is 0 Å². The molecule has 0 aromatic heterocycles. The highest BCUT2D eigenvalue weighted by Gasteiger charge is 2.48. The highest BCUT2D eigenvalue weighted by Crippen LogP contribution is 2.34. The van der Waals surface area contributed by atoms with Crippen LogP contribution in [0.25, 0.3) is 0 Å². The van der Waals surface area contributed by atoms with Gasteiger partial charge in [-0.05, 0) is 34.6 Å². The number of piperidine rings is 1. The monoisotopic (exact) mass is 495 g/mol. The van der Waals surface area contributed by atoms with Crippen LogP contribution in [0.15, 0.2) is 42.5 Å². The summed E-state index contributed by atoms with van der Waals surface area (Å²) < 4.78 is 29.6. The third-order valence-corrected chi connectivity index (χ3v) is 7.00. The third-order valence-electron chi connectivity index (χ3n) is 7.00. The number of nitrogens with one attached hydrogen (secondary N) is 2. The molecule has 0 aliphatic carbocycles. The van der Waals surface area contributed by atoms with Crippen molar-refractivity contribution in [2.24, 2.45) is 0 Å². The minimum Gasteiger partial charge on any atom is -0.346 e. The van der Waals surface area contributed by atoms with E-state index in [1.807, 2.05) is 20.8 Å². The first-order valence-corrected chi connectivity index (χ1v) is 11.8. The predicted octanol–water partition coefficient (Wildman–Crippen LogP) is 2.11. The summed E-state index contributed by atoms with van der Waals surface area (Å²) in [6, 6.07) is 10.6. The minimum absolute atomic E-state index is 0.132. The zero-order valence-corrected chi connectivity index (χ0v) is 20.7. The molecule has 10 heteroatoms. The lowest BCUT2D eigenvalue weighted by molar-refractivity contribution is -0.147. The number of imide groups is 1. The van der Waals surface area contributed by atoms with Crippen LogP contribution in [0.3, 0.4) is 0 Å². The Hall–Kier alpha value is -3.56. The number of amides is 4. The molecule has 1 saturated heterocycles. The Bertz CT molecular complexity index is 1260. The summed E-state index contributed by atoms with van der Waals surface area (Å²) in [5, 5.41) is 4.58.